The van der Waals surface area contributed by atoms with Gasteiger partial charge in [0.2, 0.25) is 0 Å². The minimum absolute atomic E-state index is 0.326. The first-order chi connectivity index (χ1) is 9.73. The molecule has 0 spiro atoms. The molecule has 1 heterocycles. The van der Waals surface area contributed by atoms with Crippen LogP contribution in [0.5, 0.6) is 0 Å². The van der Waals surface area contributed by atoms with Crippen molar-refractivity contribution in [2.45, 2.75) is 31.7 Å². The normalized spacial score (nSPS) is 16.5. The van der Waals surface area contributed by atoms with Gasteiger partial charge in [-0.05, 0) is 31.7 Å². The van der Waals surface area contributed by atoms with E-state index in [1.807, 2.05) is 18.2 Å². The van der Waals surface area contributed by atoms with E-state index in [2.05, 4.69) is 34.3 Å². The van der Waals surface area contributed by atoms with E-state index in [-0.39, 0.29) is 5.54 Å². The molecule has 1 aromatic carbocycles. The van der Waals surface area contributed by atoms with E-state index in [1.54, 1.807) is 6.33 Å². The number of halogens is 1. The highest BCUT2D eigenvalue weighted by molar-refractivity contribution is 6.18. The zero-order valence-electron chi connectivity index (χ0n) is 11.6. The van der Waals surface area contributed by atoms with Gasteiger partial charge in [0.1, 0.15) is 12.1 Å². The smallest absolute Gasteiger partial charge is 0.133 e. The number of nitrogens with zero attached hydrogens (tertiary/aromatic N) is 2. The Morgan fingerprint density at radius 1 is 1.20 bits per heavy atom. The molecule has 4 heteroatoms. The van der Waals surface area contributed by atoms with E-state index >= 15 is 0 Å². The van der Waals surface area contributed by atoms with Crippen molar-refractivity contribution < 1.29 is 0 Å². The standard InChI is InChI=1S/C16H18ClN3/c1-16(10-17,12-6-3-2-4-7-12)20-15-13-8-5-9-14(13)18-11-19-15/h2-4,6-7,11H,5,8-10H2,1H3,(H,18,19,20). The van der Waals surface area contributed by atoms with E-state index < -0.39 is 0 Å². The summed E-state index contributed by atoms with van der Waals surface area (Å²) >= 11 is 6.24. The van der Waals surface area contributed by atoms with E-state index in [1.165, 1.54) is 16.8 Å². The lowest BCUT2D eigenvalue weighted by molar-refractivity contribution is 0.612. The lowest BCUT2D eigenvalue weighted by Gasteiger charge is -2.30. The van der Waals surface area contributed by atoms with Crippen molar-refractivity contribution in [3.8, 4) is 0 Å². The molecule has 0 amide bonds. The third kappa shape index (κ3) is 2.38. The average Bonchev–Trinajstić information content (AvgIpc) is 2.98. The van der Waals surface area contributed by atoms with Crippen molar-refractivity contribution in [3.05, 3.63) is 53.5 Å². The van der Waals surface area contributed by atoms with Crippen LogP contribution in [0.4, 0.5) is 5.82 Å². The van der Waals surface area contributed by atoms with Crippen LogP contribution in [-0.2, 0) is 18.4 Å². The minimum Gasteiger partial charge on any atom is -0.359 e. The molecule has 1 atom stereocenters. The van der Waals surface area contributed by atoms with Gasteiger partial charge in [-0.1, -0.05) is 30.3 Å². The average molecular weight is 288 g/mol. The minimum atomic E-state index is -0.326. The maximum absolute atomic E-state index is 6.24. The van der Waals surface area contributed by atoms with Crippen molar-refractivity contribution >= 4 is 17.4 Å². The molecule has 1 N–H and O–H groups in total. The number of fused-ring (bicyclic) bond motifs is 1. The van der Waals surface area contributed by atoms with Crippen molar-refractivity contribution in [1.29, 1.82) is 0 Å². The highest BCUT2D eigenvalue weighted by Crippen LogP contribution is 2.31. The topological polar surface area (TPSA) is 37.8 Å². The summed E-state index contributed by atoms with van der Waals surface area (Å²) in [6.07, 6.45) is 4.90. The zero-order chi connectivity index (χ0) is 14.0. The highest BCUT2D eigenvalue weighted by Gasteiger charge is 2.28. The largest absolute Gasteiger partial charge is 0.359 e. The van der Waals surface area contributed by atoms with Crippen LogP contribution in [-0.4, -0.2) is 15.8 Å². The predicted octanol–water partition coefficient (Wildman–Crippen LogP) is 3.53. The molecule has 1 aliphatic rings. The molecule has 20 heavy (non-hydrogen) atoms. The van der Waals surface area contributed by atoms with E-state index in [0.717, 1.165) is 25.1 Å². The summed E-state index contributed by atoms with van der Waals surface area (Å²) in [6, 6.07) is 10.3. The number of hydrogen-bond acceptors (Lipinski definition) is 3. The predicted molar refractivity (Wildman–Crippen MR) is 82.2 cm³/mol. The quantitative estimate of drug-likeness (QED) is 0.874. The molecule has 0 fully saturated rings. The van der Waals surface area contributed by atoms with Gasteiger partial charge in [0.25, 0.3) is 0 Å². The van der Waals surface area contributed by atoms with Crippen LogP contribution < -0.4 is 5.32 Å². The Morgan fingerprint density at radius 2 is 2.00 bits per heavy atom. The third-order valence-corrected chi connectivity index (χ3v) is 4.48. The lowest BCUT2D eigenvalue weighted by Crippen LogP contribution is -2.34. The summed E-state index contributed by atoms with van der Waals surface area (Å²) in [5.74, 6) is 1.41. The molecule has 3 rings (SSSR count). The van der Waals surface area contributed by atoms with Crippen LogP contribution in [0, 0.1) is 0 Å². The molecule has 1 unspecified atom stereocenters. The van der Waals surface area contributed by atoms with Gasteiger partial charge in [-0.25, -0.2) is 9.97 Å². The Labute approximate surface area is 124 Å². The van der Waals surface area contributed by atoms with Crippen LogP contribution in [0.2, 0.25) is 0 Å². The maximum Gasteiger partial charge on any atom is 0.133 e. The molecule has 0 radical (unpaired) electrons. The Morgan fingerprint density at radius 3 is 2.75 bits per heavy atom. The molecule has 0 aliphatic heterocycles. The third-order valence-electron chi connectivity index (χ3n) is 3.95. The number of benzene rings is 1. The number of aryl methyl sites for hydroxylation is 1. The van der Waals surface area contributed by atoms with Crippen LogP contribution in [0.3, 0.4) is 0 Å². The van der Waals surface area contributed by atoms with Gasteiger partial charge in [0.05, 0.1) is 5.54 Å². The van der Waals surface area contributed by atoms with Gasteiger partial charge < -0.3 is 5.32 Å². The molecule has 0 saturated carbocycles. The molecular weight excluding hydrogens is 270 g/mol. The van der Waals surface area contributed by atoms with Gasteiger partial charge in [0.15, 0.2) is 0 Å². The van der Waals surface area contributed by atoms with E-state index in [9.17, 15) is 0 Å². The van der Waals surface area contributed by atoms with Gasteiger partial charge in [-0.2, -0.15) is 0 Å². The summed E-state index contributed by atoms with van der Waals surface area (Å²) in [6.45, 7) is 2.11. The zero-order valence-corrected chi connectivity index (χ0v) is 12.3. The molecule has 104 valence electrons. The van der Waals surface area contributed by atoms with Crippen LogP contribution in [0.15, 0.2) is 36.7 Å². The Bertz CT molecular complexity index is 600. The van der Waals surface area contributed by atoms with E-state index in [0.29, 0.717) is 5.88 Å². The maximum atomic E-state index is 6.24. The molecule has 0 bridgehead atoms. The number of rotatable bonds is 4. The van der Waals surface area contributed by atoms with Crippen LogP contribution in [0.25, 0.3) is 0 Å². The molecule has 2 aromatic rings. The second-order valence-electron chi connectivity index (χ2n) is 5.46. The number of nitrogens with one attached hydrogen (secondary N) is 1. The SMILES string of the molecule is CC(CCl)(Nc1ncnc2c1CCC2)c1ccccc1. The first-order valence-corrected chi connectivity index (χ1v) is 7.49. The first kappa shape index (κ1) is 13.4. The van der Waals surface area contributed by atoms with E-state index in [4.69, 9.17) is 11.6 Å². The second kappa shape index (κ2) is 5.41. The van der Waals surface area contributed by atoms with Crippen molar-refractivity contribution in [3.63, 3.8) is 0 Å². The fraction of sp³-hybridized carbons (Fsp3) is 0.375. The molecular formula is C16H18ClN3. The Hall–Kier alpha value is -1.61. The monoisotopic (exact) mass is 287 g/mol. The molecule has 1 aliphatic carbocycles. The Kier molecular flexibility index (Phi) is 3.62. The fourth-order valence-electron chi connectivity index (χ4n) is 2.72. The van der Waals surface area contributed by atoms with Crippen LogP contribution >= 0.6 is 11.6 Å². The van der Waals surface area contributed by atoms with Gasteiger partial charge in [-0.15, -0.1) is 11.6 Å². The number of aromatic nitrogens is 2. The first-order valence-electron chi connectivity index (χ1n) is 6.95. The second-order valence-corrected chi connectivity index (χ2v) is 5.73. The summed E-state index contributed by atoms with van der Waals surface area (Å²) < 4.78 is 0. The summed E-state index contributed by atoms with van der Waals surface area (Å²) in [4.78, 5) is 8.79. The van der Waals surface area contributed by atoms with Gasteiger partial charge in [0, 0.05) is 17.1 Å². The number of alkyl halides is 1. The fourth-order valence-corrected chi connectivity index (χ4v) is 2.94. The summed E-state index contributed by atoms with van der Waals surface area (Å²) in [7, 11) is 0. The molecule has 1 aromatic heterocycles. The summed E-state index contributed by atoms with van der Waals surface area (Å²) in [5.41, 5.74) is 3.26. The van der Waals surface area contributed by atoms with Crippen molar-refractivity contribution in [2.24, 2.45) is 0 Å². The molecule has 3 nitrogen and oxygen atoms in total. The lowest BCUT2D eigenvalue weighted by atomic mass is 9.94. The molecule has 0 saturated heterocycles. The van der Waals surface area contributed by atoms with Gasteiger partial charge >= 0.3 is 0 Å². The van der Waals surface area contributed by atoms with Crippen molar-refractivity contribution in [2.75, 3.05) is 11.2 Å². The Balaban J connectivity index is 1.95. The van der Waals surface area contributed by atoms with Crippen molar-refractivity contribution in [1.82, 2.24) is 9.97 Å². The van der Waals surface area contributed by atoms with Crippen LogP contribution in [0.1, 0.15) is 30.2 Å². The van der Waals surface area contributed by atoms with Gasteiger partial charge in [-0.3, -0.25) is 0 Å². The highest BCUT2D eigenvalue weighted by atomic mass is 35.5. The number of anilines is 1. The number of hydrogen-bond donors (Lipinski definition) is 1. The summed E-state index contributed by atoms with van der Waals surface area (Å²) in [5, 5.41) is 3.54.